The zero-order valence-electron chi connectivity index (χ0n) is 22.6. The summed E-state index contributed by atoms with van der Waals surface area (Å²) in [6, 6.07) is 24.2. The minimum atomic E-state index is -0.985. The first-order valence-electron chi connectivity index (χ1n) is 13.2. The molecule has 1 atom stereocenters. The highest BCUT2D eigenvalue weighted by atomic mass is 16.6. The SMILES string of the molecule is CCOC(Cc1ccc(OCCN(CCCCOc2ccccc2)C(=O)Oc2cccc(C)c2)cc1)C(=O)O. The number of nitrogens with zero attached hydrogens (tertiary/aromatic N) is 1. The van der Waals surface area contributed by atoms with Crippen molar-refractivity contribution in [1.29, 1.82) is 0 Å². The lowest BCUT2D eigenvalue weighted by Gasteiger charge is -2.22. The maximum absolute atomic E-state index is 13.0. The van der Waals surface area contributed by atoms with Gasteiger partial charge < -0.3 is 29.0 Å². The van der Waals surface area contributed by atoms with Crippen LogP contribution < -0.4 is 14.2 Å². The Bertz CT molecular complexity index is 1150. The van der Waals surface area contributed by atoms with E-state index in [0.717, 1.165) is 29.7 Å². The first-order valence-corrected chi connectivity index (χ1v) is 13.2. The van der Waals surface area contributed by atoms with Crippen LogP contribution in [0.5, 0.6) is 17.2 Å². The van der Waals surface area contributed by atoms with Crippen LogP contribution in [0.25, 0.3) is 0 Å². The number of hydrogen-bond donors (Lipinski definition) is 1. The zero-order valence-corrected chi connectivity index (χ0v) is 22.6. The number of benzene rings is 3. The second kappa shape index (κ2) is 16.0. The van der Waals surface area contributed by atoms with Gasteiger partial charge in [-0.25, -0.2) is 9.59 Å². The van der Waals surface area contributed by atoms with Gasteiger partial charge in [-0.15, -0.1) is 0 Å². The van der Waals surface area contributed by atoms with Gasteiger partial charge >= 0.3 is 12.1 Å². The highest BCUT2D eigenvalue weighted by Gasteiger charge is 2.18. The van der Waals surface area contributed by atoms with E-state index in [0.29, 0.717) is 37.8 Å². The number of carboxylic acids is 1. The van der Waals surface area contributed by atoms with Crippen LogP contribution in [0, 0.1) is 6.92 Å². The van der Waals surface area contributed by atoms with E-state index in [-0.39, 0.29) is 13.0 Å². The van der Waals surface area contributed by atoms with Crippen molar-refractivity contribution in [2.24, 2.45) is 0 Å². The van der Waals surface area contributed by atoms with Crippen LogP contribution in [-0.4, -0.2) is 61.1 Å². The molecule has 39 heavy (non-hydrogen) atoms. The summed E-state index contributed by atoms with van der Waals surface area (Å²) in [7, 11) is 0. The number of aryl methyl sites for hydroxylation is 1. The summed E-state index contributed by atoms with van der Waals surface area (Å²) in [4.78, 5) is 25.9. The van der Waals surface area contributed by atoms with E-state index in [1.165, 1.54) is 0 Å². The number of carbonyl (C=O) groups is 2. The number of rotatable bonds is 16. The largest absolute Gasteiger partial charge is 0.494 e. The minimum absolute atomic E-state index is 0.274. The average molecular weight is 536 g/mol. The van der Waals surface area contributed by atoms with E-state index in [4.69, 9.17) is 18.9 Å². The molecular formula is C31H37NO7. The zero-order chi connectivity index (χ0) is 27.9. The van der Waals surface area contributed by atoms with E-state index in [1.807, 2.05) is 67.6 Å². The standard InChI is InChI=1S/C31H37NO7/c1-3-36-29(30(33)34)23-25-14-16-27(17-15-25)38-21-19-32(31(35)39-28-13-9-10-24(2)22-28)18-7-8-20-37-26-11-5-4-6-12-26/h4-6,9-17,22,29H,3,7-8,18-21,23H2,1-2H3,(H,33,34). The van der Waals surface area contributed by atoms with Crippen molar-refractivity contribution in [2.45, 2.75) is 39.2 Å². The smallest absolute Gasteiger partial charge is 0.415 e. The van der Waals surface area contributed by atoms with E-state index in [9.17, 15) is 14.7 Å². The molecule has 0 spiro atoms. The molecule has 0 aliphatic carbocycles. The van der Waals surface area contributed by atoms with Gasteiger partial charge in [-0.2, -0.15) is 0 Å². The summed E-state index contributed by atoms with van der Waals surface area (Å²) in [5, 5.41) is 9.28. The van der Waals surface area contributed by atoms with E-state index >= 15 is 0 Å². The maximum atomic E-state index is 13.0. The van der Waals surface area contributed by atoms with Crippen molar-refractivity contribution < 1.29 is 33.6 Å². The molecule has 3 rings (SSSR count). The van der Waals surface area contributed by atoms with Gasteiger partial charge in [-0.05, 0) is 74.2 Å². The molecule has 0 saturated carbocycles. The van der Waals surface area contributed by atoms with Gasteiger partial charge in [0.1, 0.15) is 23.9 Å². The molecule has 0 fully saturated rings. The molecule has 0 aliphatic heterocycles. The summed E-state index contributed by atoms with van der Waals surface area (Å²) in [6.07, 6.45) is 0.488. The third kappa shape index (κ3) is 10.7. The van der Waals surface area contributed by atoms with Crippen molar-refractivity contribution in [3.05, 3.63) is 90.0 Å². The normalized spacial score (nSPS) is 11.4. The highest BCUT2D eigenvalue weighted by Crippen LogP contribution is 2.17. The number of aliphatic carboxylic acids is 1. The molecule has 0 aliphatic rings. The number of carbonyl (C=O) groups excluding carboxylic acids is 1. The molecule has 0 saturated heterocycles. The van der Waals surface area contributed by atoms with Crippen molar-refractivity contribution in [3.8, 4) is 17.2 Å². The van der Waals surface area contributed by atoms with Crippen LogP contribution in [0.1, 0.15) is 30.9 Å². The Morgan fingerprint density at radius 2 is 1.51 bits per heavy atom. The average Bonchev–Trinajstić information content (AvgIpc) is 2.93. The molecule has 208 valence electrons. The summed E-state index contributed by atoms with van der Waals surface area (Å²) < 4.78 is 22.5. The first-order chi connectivity index (χ1) is 18.9. The Labute approximate surface area is 230 Å². The third-order valence-corrected chi connectivity index (χ3v) is 5.90. The number of para-hydroxylation sites is 1. The molecule has 0 heterocycles. The van der Waals surface area contributed by atoms with Gasteiger partial charge in [0.25, 0.3) is 0 Å². The van der Waals surface area contributed by atoms with Crippen molar-refractivity contribution >= 4 is 12.1 Å². The minimum Gasteiger partial charge on any atom is -0.494 e. The van der Waals surface area contributed by atoms with Crippen LogP contribution in [0.3, 0.4) is 0 Å². The second-order valence-electron chi connectivity index (χ2n) is 9.02. The Kier molecular flexibility index (Phi) is 12.1. The number of hydrogen-bond acceptors (Lipinski definition) is 6. The topological polar surface area (TPSA) is 94.5 Å². The molecule has 3 aromatic carbocycles. The summed E-state index contributed by atoms with van der Waals surface area (Å²) in [5.41, 5.74) is 1.84. The summed E-state index contributed by atoms with van der Waals surface area (Å²) >= 11 is 0. The van der Waals surface area contributed by atoms with E-state index in [1.54, 1.807) is 30.0 Å². The molecule has 0 radical (unpaired) electrons. The van der Waals surface area contributed by atoms with Gasteiger partial charge in [0.05, 0.1) is 13.2 Å². The number of unbranched alkanes of at least 4 members (excludes halogenated alkanes) is 1. The number of carboxylic acid groups (broad SMARTS) is 1. The molecule has 0 aromatic heterocycles. The molecule has 8 heteroatoms. The van der Waals surface area contributed by atoms with E-state index in [2.05, 4.69) is 0 Å². The fraction of sp³-hybridized carbons (Fsp3) is 0.355. The van der Waals surface area contributed by atoms with Crippen LogP contribution in [0.2, 0.25) is 0 Å². The van der Waals surface area contributed by atoms with Crippen LogP contribution >= 0.6 is 0 Å². The highest BCUT2D eigenvalue weighted by molar-refractivity contribution is 5.72. The summed E-state index contributed by atoms with van der Waals surface area (Å²) in [6.45, 7) is 5.72. The Balaban J connectivity index is 1.51. The van der Waals surface area contributed by atoms with Gasteiger partial charge in [0.15, 0.2) is 6.10 Å². The van der Waals surface area contributed by atoms with Crippen LogP contribution in [0.4, 0.5) is 4.79 Å². The van der Waals surface area contributed by atoms with Crippen molar-refractivity contribution in [3.63, 3.8) is 0 Å². The first kappa shape index (κ1) is 29.5. The maximum Gasteiger partial charge on any atom is 0.415 e. The molecule has 0 bridgehead atoms. The van der Waals surface area contributed by atoms with Gasteiger partial charge in [-0.1, -0.05) is 42.5 Å². The third-order valence-electron chi connectivity index (χ3n) is 5.90. The Morgan fingerprint density at radius 3 is 2.21 bits per heavy atom. The quantitative estimate of drug-likeness (QED) is 0.233. The molecule has 1 unspecified atom stereocenters. The predicted molar refractivity (Wildman–Crippen MR) is 149 cm³/mol. The molecule has 1 N–H and O–H groups in total. The fourth-order valence-corrected chi connectivity index (χ4v) is 3.88. The van der Waals surface area contributed by atoms with E-state index < -0.39 is 18.2 Å². The monoisotopic (exact) mass is 535 g/mol. The number of amides is 1. The Hall–Kier alpha value is -4.04. The summed E-state index contributed by atoms with van der Waals surface area (Å²) in [5.74, 6) is 0.969. The van der Waals surface area contributed by atoms with Gasteiger partial charge in [0.2, 0.25) is 0 Å². The number of ether oxygens (including phenoxy) is 4. The molecule has 3 aromatic rings. The van der Waals surface area contributed by atoms with Gasteiger partial charge in [-0.3, -0.25) is 0 Å². The lowest BCUT2D eigenvalue weighted by Crippen LogP contribution is -2.37. The molecule has 8 nitrogen and oxygen atoms in total. The molecular weight excluding hydrogens is 498 g/mol. The molecule has 1 amide bonds. The fourth-order valence-electron chi connectivity index (χ4n) is 3.88. The Morgan fingerprint density at radius 1 is 0.821 bits per heavy atom. The van der Waals surface area contributed by atoms with Crippen LogP contribution in [0.15, 0.2) is 78.9 Å². The van der Waals surface area contributed by atoms with Gasteiger partial charge in [0, 0.05) is 19.6 Å². The second-order valence-corrected chi connectivity index (χ2v) is 9.02. The predicted octanol–water partition coefficient (Wildman–Crippen LogP) is 5.77. The lowest BCUT2D eigenvalue weighted by molar-refractivity contribution is -0.149. The van der Waals surface area contributed by atoms with Crippen molar-refractivity contribution in [1.82, 2.24) is 4.90 Å². The van der Waals surface area contributed by atoms with Crippen molar-refractivity contribution in [2.75, 3.05) is 32.9 Å². The lowest BCUT2D eigenvalue weighted by atomic mass is 10.1. The van der Waals surface area contributed by atoms with Crippen LogP contribution in [-0.2, 0) is 16.0 Å².